The molecule has 1 aromatic heterocycles. The van der Waals surface area contributed by atoms with Crippen LogP contribution in [0.25, 0.3) is 5.76 Å². The molecule has 1 aliphatic heterocycles. The number of carbonyl (C=O) groups excluding carboxylic acids is 2. The van der Waals surface area contributed by atoms with E-state index in [1.807, 2.05) is 19.1 Å². The fraction of sp³-hybridized carbons (Fsp3) is 0.125. The molecule has 1 saturated heterocycles. The molecule has 0 aliphatic carbocycles. The lowest BCUT2D eigenvalue weighted by Crippen LogP contribution is -2.29. The number of amides is 1. The third-order valence-corrected chi connectivity index (χ3v) is 5.09. The highest BCUT2D eigenvalue weighted by molar-refractivity contribution is 6.51. The summed E-state index contributed by atoms with van der Waals surface area (Å²) in [7, 11) is 1.54. The summed E-state index contributed by atoms with van der Waals surface area (Å²) in [6.45, 7) is 1.94. The van der Waals surface area contributed by atoms with Crippen molar-refractivity contribution in [2.45, 2.75) is 13.0 Å². The molecule has 0 radical (unpaired) electrons. The molecule has 1 unspecified atom stereocenters. The van der Waals surface area contributed by atoms with E-state index in [0.717, 1.165) is 5.56 Å². The van der Waals surface area contributed by atoms with E-state index in [2.05, 4.69) is 4.98 Å². The molecule has 0 bridgehead atoms. The number of pyridine rings is 1. The van der Waals surface area contributed by atoms with Crippen LogP contribution >= 0.6 is 0 Å². The van der Waals surface area contributed by atoms with Gasteiger partial charge in [-0.3, -0.25) is 19.5 Å². The molecule has 1 fully saturated rings. The Kier molecular flexibility index (Phi) is 5.06. The highest BCUT2D eigenvalue weighted by atomic mass is 16.5. The van der Waals surface area contributed by atoms with Gasteiger partial charge in [-0.15, -0.1) is 0 Å². The Balaban J connectivity index is 1.90. The monoisotopic (exact) mass is 400 g/mol. The van der Waals surface area contributed by atoms with E-state index < -0.39 is 17.7 Å². The number of Topliss-reactive ketones (excluding diaryl/α,β-unsaturated/α-hetero) is 1. The second-order valence-electron chi connectivity index (χ2n) is 6.99. The van der Waals surface area contributed by atoms with Gasteiger partial charge in [0.15, 0.2) is 0 Å². The number of carbonyl (C=O) groups is 2. The molecular weight excluding hydrogens is 380 g/mol. The van der Waals surface area contributed by atoms with Gasteiger partial charge in [-0.1, -0.05) is 23.8 Å². The van der Waals surface area contributed by atoms with Crippen molar-refractivity contribution in [3.05, 3.63) is 95.3 Å². The minimum atomic E-state index is -0.837. The predicted octanol–water partition coefficient (Wildman–Crippen LogP) is 4.02. The summed E-state index contributed by atoms with van der Waals surface area (Å²) in [5, 5.41) is 11.0. The molecule has 150 valence electrons. The Morgan fingerprint density at radius 1 is 1.00 bits per heavy atom. The van der Waals surface area contributed by atoms with Crippen LogP contribution in [0.4, 0.5) is 5.69 Å². The summed E-state index contributed by atoms with van der Waals surface area (Å²) in [4.78, 5) is 31.8. The second kappa shape index (κ2) is 7.83. The molecule has 6 nitrogen and oxygen atoms in total. The third-order valence-electron chi connectivity index (χ3n) is 5.09. The van der Waals surface area contributed by atoms with Crippen LogP contribution in [-0.2, 0) is 9.59 Å². The molecule has 1 amide bonds. The first kappa shape index (κ1) is 19.4. The lowest BCUT2D eigenvalue weighted by molar-refractivity contribution is -0.132. The van der Waals surface area contributed by atoms with Crippen molar-refractivity contribution >= 4 is 23.1 Å². The van der Waals surface area contributed by atoms with Crippen LogP contribution < -0.4 is 9.64 Å². The van der Waals surface area contributed by atoms with Gasteiger partial charge in [0.1, 0.15) is 17.6 Å². The van der Waals surface area contributed by atoms with E-state index in [0.29, 0.717) is 22.7 Å². The molecule has 6 heteroatoms. The minimum absolute atomic E-state index is 0.00411. The largest absolute Gasteiger partial charge is 0.507 e. The predicted molar refractivity (Wildman–Crippen MR) is 113 cm³/mol. The SMILES string of the molecule is COc1ccc(/C(O)=C2/C(=O)C(=O)N(c3ccc(C)cc3)C2c2ccccn2)cc1. The van der Waals surface area contributed by atoms with Gasteiger partial charge in [-0.05, 0) is 55.5 Å². The lowest BCUT2D eigenvalue weighted by atomic mass is 9.98. The van der Waals surface area contributed by atoms with Gasteiger partial charge < -0.3 is 9.84 Å². The van der Waals surface area contributed by atoms with Crippen LogP contribution in [-0.4, -0.2) is 28.9 Å². The smallest absolute Gasteiger partial charge is 0.300 e. The number of hydrogen-bond donors (Lipinski definition) is 1. The van der Waals surface area contributed by atoms with E-state index in [1.165, 1.54) is 4.90 Å². The average molecular weight is 400 g/mol. The van der Waals surface area contributed by atoms with Crippen LogP contribution in [0.1, 0.15) is 22.9 Å². The highest BCUT2D eigenvalue weighted by Gasteiger charge is 2.47. The summed E-state index contributed by atoms with van der Waals surface area (Å²) in [6.07, 6.45) is 1.60. The maximum atomic E-state index is 13.0. The van der Waals surface area contributed by atoms with Gasteiger partial charge in [0.2, 0.25) is 0 Å². The summed E-state index contributed by atoms with van der Waals surface area (Å²) in [6, 6.07) is 18.4. The normalized spacial score (nSPS) is 17.9. The van der Waals surface area contributed by atoms with Gasteiger partial charge >= 0.3 is 0 Å². The molecule has 1 aliphatic rings. The number of aromatic nitrogens is 1. The van der Waals surface area contributed by atoms with E-state index in [1.54, 1.807) is 67.9 Å². The Hall–Kier alpha value is -3.93. The zero-order chi connectivity index (χ0) is 21.3. The van der Waals surface area contributed by atoms with Crippen LogP contribution in [0, 0.1) is 6.92 Å². The van der Waals surface area contributed by atoms with Crippen molar-refractivity contribution < 1.29 is 19.4 Å². The average Bonchev–Trinajstić information content (AvgIpc) is 3.05. The Labute approximate surface area is 174 Å². The fourth-order valence-corrected chi connectivity index (χ4v) is 3.53. The Morgan fingerprint density at radius 3 is 2.30 bits per heavy atom. The molecule has 0 spiro atoms. The number of aliphatic hydroxyl groups excluding tert-OH is 1. The molecule has 4 rings (SSSR count). The van der Waals surface area contributed by atoms with Gasteiger partial charge in [-0.25, -0.2) is 0 Å². The van der Waals surface area contributed by atoms with Crippen molar-refractivity contribution in [2.75, 3.05) is 12.0 Å². The molecule has 30 heavy (non-hydrogen) atoms. The number of anilines is 1. The number of ketones is 1. The van der Waals surface area contributed by atoms with Crippen LogP contribution in [0.5, 0.6) is 5.75 Å². The number of methoxy groups -OCH3 is 1. The maximum Gasteiger partial charge on any atom is 0.300 e. The first-order valence-corrected chi connectivity index (χ1v) is 9.44. The third kappa shape index (κ3) is 3.33. The number of rotatable bonds is 4. The van der Waals surface area contributed by atoms with E-state index >= 15 is 0 Å². The molecule has 2 aromatic carbocycles. The standard InChI is InChI=1S/C24H20N2O4/c1-15-6-10-17(11-7-15)26-21(19-5-3-4-14-25-19)20(23(28)24(26)29)22(27)16-8-12-18(30-2)13-9-16/h3-14,21,27H,1-2H3/b22-20-. The zero-order valence-electron chi connectivity index (χ0n) is 16.6. The van der Waals surface area contributed by atoms with Crippen LogP contribution in [0.15, 0.2) is 78.5 Å². The Bertz CT molecular complexity index is 1120. The van der Waals surface area contributed by atoms with Crippen LogP contribution in [0.2, 0.25) is 0 Å². The van der Waals surface area contributed by atoms with Crippen molar-refractivity contribution in [3.8, 4) is 5.75 Å². The quantitative estimate of drug-likeness (QED) is 0.406. The van der Waals surface area contributed by atoms with Crippen molar-refractivity contribution in [1.82, 2.24) is 4.98 Å². The van der Waals surface area contributed by atoms with E-state index in [-0.39, 0.29) is 11.3 Å². The number of hydrogen-bond acceptors (Lipinski definition) is 5. The van der Waals surface area contributed by atoms with Crippen LogP contribution in [0.3, 0.4) is 0 Å². The summed E-state index contributed by atoms with van der Waals surface area (Å²) < 4.78 is 5.15. The maximum absolute atomic E-state index is 13.0. The first-order valence-electron chi connectivity index (χ1n) is 9.44. The van der Waals surface area contributed by atoms with Gasteiger partial charge in [-0.2, -0.15) is 0 Å². The fourth-order valence-electron chi connectivity index (χ4n) is 3.53. The highest BCUT2D eigenvalue weighted by Crippen LogP contribution is 2.41. The van der Waals surface area contributed by atoms with Crippen molar-refractivity contribution in [3.63, 3.8) is 0 Å². The number of aliphatic hydroxyl groups is 1. The summed E-state index contributed by atoms with van der Waals surface area (Å²) >= 11 is 0. The summed E-state index contributed by atoms with van der Waals surface area (Å²) in [5.41, 5.74) is 2.51. The number of nitrogens with zero attached hydrogens (tertiary/aromatic N) is 2. The molecular formula is C24H20N2O4. The molecule has 0 saturated carbocycles. The van der Waals surface area contributed by atoms with E-state index in [9.17, 15) is 14.7 Å². The first-order chi connectivity index (χ1) is 14.5. The van der Waals surface area contributed by atoms with Gasteiger partial charge in [0, 0.05) is 17.4 Å². The Morgan fingerprint density at radius 2 is 1.70 bits per heavy atom. The topological polar surface area (TPSA) is 79.7 Å². The minimum Gasteiger partial charge on any atom is -0.507 e. The number of benzene rings is 2. The zero-order valence-corrected chi connectivity index (χ0v) is 16.6. The second-order valence-corrected chi connectivity index (χ2v) is 6.99. The molecule has 1 N–H and O–H groups in total. The number of ether oxygens (including phenoxy) is 1. The molecule has 2 heterocycles. The molecule has 3 aromatic rings. The summed E-state index contributed by atoms with van der Waals surface area (Å²) in [5.74, 6) is -1.08. The van der Waals surface area contributed by atoms with Crippen molar-refractivity contribution in [2.24, 2.45) is 0 Å². The lowest BCUT2D eigenvalue weighted by Gasteiger charge is -2.24. The van der Waals surface area contributed by atoms with E-state index in [4.69, 9.17) is 4.74 Å². The van der Waals surface area contributed by atoms with Gasteiger partial charge in [0.05, 0.1) is 18.4 Å². The molecule has 1 atom stereocenters. The van der Waals surface area contributed by atoms with Gasteiger partial charge in [0.25, 0.3) is 11.7 Å². The van der Waals surface area contributed by atoms with Crippen molar-refractivity contribution in [1.29, 1.82) is 0 Å². The number of aryl methyl sites for hydroxylation is 1.